The molecule has 1 aliphatic rings. The molecule has 0 aromatic carbocycles. The normalized spacial score (nSPS) is 37.3. The minimum Gasteiger partial charge on any atom is -0.356 e. The van der Waals surface area contributed by atoms with Gasteiger partial charge in [-0.1, -0.05) is 0 Å². The van der Waals surface area contributed by atoms with Crippen LogP contribution < -0.4 is 5.32 Å². The fraction of sp³-hybridized carbons (Fsp3) is 0.714. The zero-order chi connectivity index (χ0) is 8.48. The molecule has 0 saturated carbocycles. The first-order valence-electron chi connectivity index (χ1n) is 3.47. The summed E-state index contributed by atoms with van der Waals surface area (Å²) in [5.41, 5.74) is -0.318. The largest absolute Gasteiger partial charge is 0.356 e. The molecule has 4 heteroatoms. The molecule has 2 nitrogen and oxygen atoms in total. The number of ether oxygens (including phenoxy) is 1. The quantitative estimate of drug-likeness (QED) is 0.798. The van der Waals surface area contributed by atoms with E-state index >= 15 is 0 Å². The Hall–Kier alpha value is 0.620. The average Bonchev–Trinajstić information content (AvgIpc) is 2.08. The van der Waals surface area contributed by atoms with E-state index in [-0.39, 0.29) is 5.72 Å². The summed E-state index contributed by atoms with van der Waals surface area (Å²) in [6.07, 6.45) is 1.95. The second-order valence-electron chi connectivity index (χ2n) is 2.90. The lowest BCUT2D eigenvalue weighted by molar-refractivity contribution is 0.0487. The van der Waals surface area contributed by atoms with Crippen LogP contribution in [-0.2, 0) is 4.74 Å². The molecule has 11 heavy (non-hydrogen) atoms. The molecule has 1 rings (SSSR count). The van der Waals surface area contributed by atoms with Gasteiger partial charge in [0, 0.05) is 6.04 Å². The van der Waals surface area contributed by atoms with Crippen molar-refractivity contribution in [2.45, 2.75) is 25.6 Å². The second-order valence-corrected chi connectivity index (χ2v) is 5.67. The Morgan fingerprint density at radius 1 is 1.73 bits per heavy atom. The summed E-state index contributed by atoms with van der Waals surface area (Å²) in [6, 6.07) is 0.426. The molecule has 0 aromatic heterocycles. The van der Waals surface area contributed by atoms with Crippen LogP contribution in [0.3, 0.4) is 0 Å². The highest BCUT2D eigenvalue weighted by Gasteiger charge is 2.30. The van der Waals surface area contributed by atoms with Crippen LogP contribution >= 0.6 is 31.9 Å². The van der Waals surface area contributed by atoms with Gasteiger partial charge in [-0.25, -0.2) is 0 Å². The van der Waals surface area contributed by atoms with E-state index in [2.05, 4.69) is 44.1 Å². The molecule has 0 bridgehead atoms. The molecule has 0 radical (unpaired) electrons. The SMILES string of the molecule is C[C@H]1COC(C)(C=C(Br)Br)N1. The molecule has 1 N–H and O–H groups in total. The third-order valence-corrected chi connectivity index (χ3v) is 2.01. The minimum atomic E-state index is -0.318. The second kappa shape index (κ2) is 3.56. The highest BCUT2D eigenvalue weighted by molar-refractivity contribution is 9.28. The number of nitrogens with one attached hydrogen (secondary N) is 1. The van der Waals surface area contributed by atoms with Crippen molar-refractivity contribution in [2.24, 2.45) is 0 Å². The van der Waals surface area contributed by atoms with Gasteiger partial charge in [-0.3, -0.25) is 5.32 Å². The van der Waals surface area contributed by atoms with Crippen LogP contribution in [0.5, 0.6) is 0 Å². The molecule has 64 valence electrons. The molecule has 1 heterocycles. The number of rotatable bonds is 1. The maximum absolute atomic E-state index is 5.52. The van der Waals surface area contributed by atoms with E-state index < -0.39 is 0 Å². The van der Waals surface area contributed by atoms with Gasteiger partial charge in [-0.2, -0.15) is 0 Å². The first-order chi connectivity index (χ1) is 5.02. The zero-order valence-electron chi connectivity index (χ0n) is 6.53. The Morgan fingerprint density at radius 3 is 2.73 bits per heavy atom. The summed E-state index contributed by atoms with van der Waals surface area (Å²) in [7, 11) is 0. The van der Waals surface area contributed by atoms with Gasteiger partial charge < -0.3 is 4.74 Å². The molecule has 0 aromatic rings. The van der Waals surface area contributed by atoms with Crippen LogP contribution in [0.1, 0.15) is 13.8 Å². The van der Waals surface area contributed by atoms with Crippen molar-refractivity contribution in [1.82, 2.24) is 5.32 Å². The standard InChI is InChI=1S/C7H11Br2NO/c1-5-4-11-7(2,10-5)3-6(8)9/h3,5,10H,4H2,1-2H3/t5-,7?/m0/s1. The predicted octanol–water partition coefficient (Wildman–Crippen LogP) is 2.34. The Kier molecular flexibility index (Phi) is 3.14. The van der Waals surface area contributed by atoms with Gasteiger partial charge in [0.1, 0.15) is 5.72 Å². The third-order valence-electron chi connectivity index (χ3n) is 1.55. The first-order valence-corrected chi connectivity index (χ1v) is 5.06. The Balaban J connectivity index is 2.62. The van der Waals surface area contributed by atoms with Crippen LogP contribution in [0.15, 0.2) is 9.47 Å². The molecule has 2 atom stereocenters. The molecule has 0 aliphatic carbocycles. The Labute approximate surface area is 83.6 Å². The van der Waals surface area contributed by atoms with Crippen LogP contribution in [0, 0.1) is 0 Å². The van der Waals surface area contributed by atoms with E-state index in [9.17, 15) is 0 Å². The number of hydrogen-bond acceptors (Lipinski definition) is 2. The van der Waals surface area contributed by atoms with Crippen LogP contribution in [0.4, 0.5) is 0 Å². The first kappa shape index (κ1) is 9.71. The van der Waals surface area contributed by atoms with Crippen molar-refractivity contribution in [3.05, 3.63) is 9.47 Å². The maximum Gasteiger partial charge on any atom is 0.137 e. The number of halogens is 2. The van der Waals surface area contributed by atoms with Gasteiger partial charge >= 0.3 is 0 Å². The Morgan fingerprint density at radius 2 is 2.36 bits per heavy atom. The van der Waals surface area contributed by atoms with Gasteiger partial charge in [0.25, 0.3) is 0 Å². The van der Waals surface area contributed by atoms with Crippen molar-refractivity contribution in [1.29, 1.82) is 0 Å². The van der Waals surface area contributed by atoms with E-state index in [1.54, 1.807) is 0 Å². The van der Waals surface area contributed by atoms with Crippen molar-refractivity contribution >= 4 is 31.9 Å². The predicted molar refractivity (Wildman–Crippen MR) is 52.9 cm³/mol. The smallest absolute Gasteiger partial charge is 0.137 e. The third kappa shape index (κ3) is 2.86. The van der Waals surface area contributed by atoms with Crippen molar-refractivity contribution in [3.63, 3.8) is 0 Å². The van der Waals surface area contributed by atoms with Crippen molar-refractivity contribution in [3.8, 4) is 0 Å². The van der Waals surface area contributed by atoms with E-state index in [4.69, 9.17) is 4.74 Å². The lowest BCUT2D eigenvalue weighted by Crippen LogP contribution is -2.38. The van der Waals surface area contributed by atoms with Gasteiger partial charge in [0.05, 0.1) is 10.00 Å². The van der Waals surface area contributed by atoms with E-state index in [1.807, 2.05) is 13.0 Å². The lowest BCUT2D eigenvalue weighted by Gasteiger charge is -2.19. The van der Waals surface area contributed by atoms with Crippen LogP contribution in [0.2, 0.25) is 0 Å². The lowest BCUT2D eigenvalue weighted by atomic mass is 10.2. The molecule has 1 fully saturated rings. The average molecular weight is 285 g/mol. The molecule has 0 amide bonds. The van der Waals surface area contributed by atoms with Crippen LogP contribution in [-0.4, -0.2) is 18.4 Å². The van der Waals surface area contributed by atoms with E-state index in [0.29, 0.717) is 6.04 Å². The fourth-order valence-corrected chi connectivity index (χ4v) is 2.04. The molecule has 1 saturated heterocycles. The number of hydrogen-bond donors (Lipinski definition) is 1. The van der Waals surface area contributed by atoms with E-state index in [1.165, 1.54) is 0 Å². The van der Waals surface area contributed by atoms with Crippen molar-refractivity contribution in [2.75, 3.05) is 6.61 Å². The summed E-state index contributed by atoms with van der Waals surface area (Å²) in [5, 5.41) is 3.30. The van der Waals surface area contributed by atoms with Gasteiger partial charge in [-0.15, -0.1) is 0 Å². The van der Waals surface area contributed by atoms with Crippen LogP contribution in [0.25, 0.3) is 0 Å². The summed E-state index contributed by atoms with van der Waals surface area (Å²) in [6.45, 7) is 4.86. The summed E-state index contributed by atoms with van der Waals surface area (Å²) < 4.78 is 6.43. The molecular formula is C7H11Br2NO. The summed E-state index contributed by atoms with van der Waals surface area (Å²) in [4.78, 5) is 0. The monoisotopic (exact) mass is 283 g/mol. The highest BCUT2D eigenvalue weighted by atomic mass is 79.9. The van der Waals surface area contributed by atoms with Crippen molar-refractivity contribution < 1.29 is 4.74 Å². The zero-order valence-corrected chi connectivity index (χ0v) is 9.70. The highest BCUT2D eigenvalue weighted by Crippen LogP contribution is 2.23. The maximum atomic E-state index is 5.52. The molecule has 1 aliphatic heterocycles. The van der Waals surface area contributed by atoms with Gasteiger partial charge in [0.15, 0.2) is 0 Å². The van der Waals surface area contributed by atoms with E-state index in [0.717, 1.165) is 10.00 Å². The summed E-state index contributed by atoms with van der Waals surface area (Å²) >= 11 is 6.59. The molecule has 0 spiro atoms. The summed E-state index contributed by atoms with van der Waals surface area (Å²) in [5.74, 6) is 0. The van der Waals surface area contributed by atoms with Gasteiger partial charge in [-0.05, 0) is 51.8 Å². The van der Waals surface area contributed by atoms with Gasteiger partial charge in [0.2, 0.25) is 0 Å². The Bertz CT molecular complexity index is 179. The molecular weight excluding hydrogens is 274 g/mol. The molecule has 1 unspecified atom stereocenters. The minimum absolute atomic E-state index is 0.318. The fourth-order valence-electron chi connectivity index (χ4n) is 1.16. The topological polar surface area (TPSA) is 21.3 Å².